The van der Waals surface area contributed by atoms with Gasteiger partial charge in [-0.3, -0.25) is 19.2 Å². The highest BCUT2D eigenvalue weighted by molar-refractivity contribution is 6.35. The third-order valence-electron chi connectivity index (χ3n) is 7.08. The summed E-state index contributed by atoms with van der Waals surface area (Å²) in [5.74, 6) is -2.05. The van der Waals surface area contributed by atoms with Crippen LogP contribution in [-0.4, -0.2) is 62.8 Å². The van der Waals surface area contributed by atoms with Crippen LogP contribution >= 0.6 is 0 Å². The molecule has 3 heterocycles. The number of aromatic amines is 1. The second-order valence-electron chi connectivity index (χ2n) is 9.17. The molecule has 5 rings (SSSR count). The number of hydrogen-bond donors (Lipinski definition) is 1. The molecule has 8 nitrogen and oxygen atoms in total. The zero-order chi connectivity index (χ0) is 23.3. The molecule has 2 bridgehead atoms. The molecule has 2 aromatic rings. The smallest absolute Gasteiger partial charge is 0.290 e. The molecule has 0 saturated carbocycles. The first kappa shape index (κ1) is 21.5. The predicted molar refractivity (Wildman–Crippen MR) is 116 cm³/mol. The number of H-pyrrole nitrogens is 1. The van der Waals surface area contributed by atoms with Gasteiger partial charge in [-0.05, 0) is 55.4 Å². The molecule has 172 valence electrons. The fourth-order valence-corrected chi connectivity index (χ4v) is 5.43. The first-order chi connectivity index (χ1) is 15.8. The van der Waals surface area contributed by atoms with Gasteiger partial charge < -0.3 is 9.80 Å². The molecule has 2 saturated heterocycles. The number of benzene rings is 1. The van der Waals surface area contributed by atoms with Gasteiger partial charge in [0.2, 0.25) is 5.78 Å². The Hall–Kier alpha value is -3.36. The number of rotatable bonds is 4. The molecule has 2 aliphatic heterocycles. The summed E-state index contributed by atoms with van der Waals surface area (Å²) in [5.41, 5.74) is 3.09. The lowest BCUT2D eigenvalue weighted by molar-refractivity contribution is -0.145. The lowest BCUT2D eigenvalue weighted by atomic mass is 9.90. The molecule has 3 aliphatic rings. The Kier molecular flexibility index (Phi) is 5.34. The van der Waals surface area contributed by atoms with Crippen LogP contribution in [0.4, 0.5) is 4.39 Å². The number of hydrogen-bond acceptors (Lipinski definition) is 5. The molecule has 1 aliphatic carbocycles. The second kappa shape index (κ2) is 8.20. The highest BCUT2D eigenvalue weighted by Crippen LogP contribution is 2.32. The number of carbonyl (C=O) groups excluding carboxylic acids is 3. The molecular formula is C24H25FN4O4. The number of aromatic nitrogens is 2. The van der Waals surface area contributed by atoms with Crippen molar-refractivity contribution in [3.63, 3.8) is 0 Å². The minimum absolute atomic E-state index is 0.0113. The van der Waals surface area contributed by atoms with Crippen molar-refractivity contribution in [2.24, 2.45) is 0 Å². The zero-order valence-electron chi connectivity index (χ0n) is 18.4. The van der Waals surface area contributed by atoms with Gasteiger partial charge in [0, 0.05) is 32.0 Å². The Morgan fingerprint density at radius 2 is 1.79 bits per heavy atom. The molecule has 33 heavy (non-hydrogen) atoms. The number of nitrogens with zero attached hydrogens (tertiary/aromatic N) is 3. The fraction of sp³-hybridized carbons (Fsp3) is 0.458. The van der Waals surface area contributed by atoms with Crippen LogP contribution in [0.25, 0.3) is 0 Å². The third-order valence-corrected chi connectivity index (χ3v) is 7.08. The van der Waals surface area contributed by atoms with Gasteiger partial charge >= 0.3 is 0 Å². The van der Waals surface area contributed by atoms with Gasteiger partial charge in [-0.15, -0.1) is 0 Å². The summed E-state index contributed by atoms with van der Waals surface area (Å²) in [4.78, 5) is 51.9. The van der Waals surface area contributed by atoms with E-state index in [2.05, 4.69) is 10.2 Å². The number of likely N-dealkylation sites (tertiary alicyclic amines) is 2. The van der Waals surface area contributed by atoms with Crippen LogP contribution in [0.5, 0.6) is 0 Å². The van der Waals surface area contributed by atoms with Crippen molar-refractivity contribution in [2.75, 3.05) is 13.1 Å². The minimum Gasteiger partial charge on any atom is -0.332 e. The Morgan fingerprint density at radius 1 is 1.09 bits per heavy atom. The first-order valence-corrected chi connectivity index (χ1v) is 11.3. The summed E-state index contributed by atoms with van der Waals surface area (Å²) in [5, 5.41) is 6.81. The van der Waals surface area contributed by atoms with Gasteiger partial charge in [0.15, 0.2) is 0 Å². The number of carbonyl (C=O) groups is 3. The molecule has 0 unspecified atom stereocenters. The Labute approximate surface area is 189 Å². The van der Waals surface area contributed by atoms with E-state index in [4.69, 9.17) is 0 Å². The summed E-state index contributed by atoms with van der Waals surface area (Å²) in [6.07, 6.45) is 4.49. The average molecular weight is 452 g/mol. The summed E-state index contributed by atoms with van der Waals surface area (Å²) in [6.45, 7) is 1.83. The van der Waals surface area contributed by atoms with Gasteiger partial charge in [0.25, 0.3) is 17.4 Å². The van der Waals surface area contributed by atoms with Crippen LogP contribution in [0, 0.1) is 5.82 Å². The third kappa shape index (κ3) is 3.75. The maximum absolute atomic E-state index is 14.7. The molecule has 2 atom stereocenters. The quantitative estimate of drug-likeness (QED) is 0.707. The van der Waals surface area contributed by atoms with E-state index in [1.54, 1.807) is 17.0 Å². The summed E-state index contributed by atoms with van der Waals surface area (Å²) in [6, 6.07) is 4.06. The zero-order valence-corrected chi connectivity index (χ0v) is 18.4. The van der Waals surface area contributed by atoms with E-state index in [1.165, 1.54) is 17.9 Å². The van der Waals surface area contributed by atoms with Crippen LogP contribution < -0.4 is 5.56 Å². The second-order valence-corrected chi connectivity index (χ2v) is 9.17. The molecular weight excluding hydrogens is 427 g/mol. The van der Waals surface area contributed by atoms with E-state index in [9.17, 15) is 23.6 Å². The number of piperazine rings is 1. The predicted octanol–water partition coefficient (Wildman–Crippen LogP) is 1.39. The maximum Gasteiger partial charge on any atom is 0.290 e. The lowest BCUT2D eigenvalue weighted by Gasteiger charge is -2.33. The molecule has 2 fully saturated rings. The number of fused-ring (bicyclic) bond motifs is 3. The largest absolute Gasteiger partial charge is 0.332 e. The number of halogens is 1. The monoisotopic (exact) mass is 452 g/mol. The normalized spacial score (nSPS) is 21.3. The van der Waals surface area contributed by atoms with Crippen LogP contribution in [0.15, 0.2) is 23.0 Å². The van der Waals surface area contributed by atoms with E-state index in [0.717, 1.165) is 48.1 Å². The minimum atomic E-state index is -0.598. The van der Waals surface area contributed by atoms with E-state index in [-0.39, 0.29) is 23.2 Å². The Morgan fingerprint density at radius 3 is 2.48 bits per heavy atom. The number of Topliss-reactive ketones (excluding diaryl/α,β-unsaturated/α-hetero) is 1. The number of nitrogens with one attached hydrogen (secondary N) is 1. The van der Waals surface area contributed by atoms with E-state index in [0.29, 0.717) is 25.9 Å². The first-order valence-electron chi connectivity index (χ1n) is 11.3. The topological polar surface area (TPSA) is 103 Å². The summed E-state index contributed by atoms with van der Waals surface area (Å²) in [7, 11) is 0. The molecule has 0 spiro atoms. The molecule has 1 N–H and O–H groups in total. The van der Waals surface area contributed by atoms with Gasteiger partial charge in [-0.1, -0.05) is 6.07 Å². The van der Waals surface area contributed by atoms with Crippen molar-refractivity contribution in [1.29, 1.82) is 0 Å². The highest BCUT2D eigenvalue weighted by Gasteiger charge is 2.48. The van der Waals surface area contributed by atoms with Gasteiger partial charge in [0.05, 0.1) is 23.3 Å². The van der Waals surface area contributed by atoms with E-state index in [1.807, 2.05) is 0 Å². The number of amides is 2. The lowest BCUT2D eigenvalue weighted by Crippen LogP contribution is -2.52. The molecule has 9 heteroatoms. The molecule has 1 aromatic carbocycles. The fourth-order valence-electron chi connectivity index (χ4n) is 5.43. The molecule has 0 radical (unpaired) electrons. The van der Waals surface area contributed by atoms with Crippen molar-refractivity contribution >= 4 is 17.6 Å². The van der Waals surface area contributed by atoms with Gasteiger partial charge in [0.1, 0.15) is 5.82 Å². The summed E-state index contributed by atoms with van der Waals surface area (Å²) >= 11 is 0. The SMILES string of the molecule is CC(=O)C(=O)N1C[C@@H]2C[C@@H]1CN2C(=O)c1cc(Cc2n[nH]c(=O)c3c2CCCC3)ccc1F. The van der Waals surface area contributed by atoms with E-state index >= 15 is 0 Å². The average Bonchev–Trinajstić information content (AvgIpc) is 3.42. The summed E-state index contributed by atoms with van der Waals surface area (Å²) < 4.78 is 14.7. The number of ketones is 1. The van der Waals surface area contributed by atoms with Crippen molar-refractivity contribution in [1.82, 2.24) is 20.0 Å². The molecule has 2 amide bonds. The molecule has 1 aromatic heterocycles. The Bertz CT molecular complexity index is 1220. The van der Waals surface area contributed by atoms with E-state index < -0.39 is 23.4 Å². The standard InChI is InChI=1S/C24H25FN4O4/c1-13(30)23(32)28-11-16-10-15(28)12-29(16)24(33)19-8-14(6-7-20(19)25)9-21-17-4-2-3-5-18(17)22(31)27-26-21/h6-8,15-16H,2-5,9-12H2,1H3,(H,27,31)/t15-,16+/m1/s1. The maximum atomic E-state index is 14.7. The van der Waals surface area contributed by atoms with Crippen LogP contribution in [-0.2, 0) is 28.9 Å². The van der Waals surface area contributed by atoms with Crippen LogP contribution in [0.2, 0.25) is 0 Å². The van der Waals surface area contributed by atoms with Gasteiger partial charge in [-0.2, -0.15) is 5.10 Å². The van der Waals surface area contributed by atoms with Crippen molar-refractivity contribution in [3.05, 3.63) is 62.3 Å². The highest BCUT2D eigenvalue weighted by atomic mass is 19.1. The van der Waals surface area contributed by atoms with Crippen molar-refractivity contribution in [3.8, 4) is 0 Å². The van der Waals surface area contributed by atoms with Crippen LogP contribution in [0.1, 0.15) is 58.9 Å². The van der Waals surface area contributed by atoms with Crippen molar-refractivity contribution < 1.29 is 18.8 Å². The van der Waals surface area contributed by atoms with Crippen molar-refractivity contribution in [2.45, 2.75) is 57.5 Å². The van der Waals surface area contributed by atoms with Gasteiger partial charge in [-0.25, -0.2) is 9.49 Å². The van der Waals surface area contributed by atoms with Crippen LogP contribution in [0.3, 0.4) is 0 Å². The Balaban J connectivity index is 1.36.